The molecule has 0 spiro atoms. The van der Waals surface area contributed by atoms with Gasteiger partial charge in [0.05, 0.1) is 0 Å². The van der Waals surface area contributed by atoms with Crippen LogP contribution >= 0.6 is 0 Å². The van der Waals surface area contributed by atoms with Gasteiger partial charge in [0.2, 0.25) is 0 Å². The lowest BCUT2D eigenvalue weighted by Crippen LogP contribution is -2.04. The molecule has 1 rings (SSSR count). The van der Waals surface area contributed by atoms with E-state index in [1.54, 1.807) is 13.1 Å². The predicted octanol–water partition coefficient (Wildman–Crippen LogP) is 3.99. The summed E-state index contributed by atoms with van der Waals surface area (Å²) in [5.74, 6) is -0.946. The van der Waals surface area contributed by atoms with Gasteiger partial charge in [-0.3, -0.25) is 0 Å². The van der Waals surface area contributed by atoms with Gasteiger partial charge < -0.3 is 5.11 Å². The molecule has 0 atom stereocenters. The molecular weight excluding hydrogens is 226 g/mol. The number of hydrogen-bond acceptors (Lipinski definition) is 2. The largest absolute Gasteiger partial charge is 0.477 e. The molecule has 0 unspecified atom stereocenters. The van der Waals surface area contributed by atoms with Crippen LogP contribution in [0.1, 0.15) is 67.1 Å². The van der Waals surface area contributed by atoms with Crippen molar-refractivity contribution in [3.05, 3.63) is 29.1 Å². The lowest BCUT2D eigenvalue weighted by molar-refractivity contribution is 0.0689. The number of aryl methyl sites for hydroxylation is 2. The molecule has 3 nitrogen and oxygen atoms in total. The van der Waals surface area contributed by atoms with Gasteiger partial charge in [0.25, 0.3) is 0 Å². The van der Waals surface area contributed by atoms with Gasteiger partial charge in [-0.2, -0.15) is 0 Å². The maximum absolute atomic E-state index is 10.8. The van der Waals surface area contributed by atoms with Crippen molar-refractivity contribution in [2.45, 2.75) is 58.8 Å². The number of unbranched alkanes of at least 4 members (excludes halogenated alkanes) is 5. The zero-order chi connectivity index (χ0) is 13.4. The summed E-state index contributed by atoms with van der Waals surface area (Å²) in [5.41, 5.74) is 2.07. The second-order valence-corrected chi connectivity index (χ2v) is 4.83. The van der Waals surface area contributed by atoms with Gasteiger partial charge in [-0.1, -0.05) is 45.1 Å². The lowest BCUT2D eigenvalue weighted by Gasteiger charge is -2.05. The molecule has 1 N–H and O–H groups in total. The fourth-order valence-electron chi connectivity index (χ4n) is 2.10. The van der Waals surface area contributed by atoms with E-state index in [0.29, 0.717) is 0 Å². The number of aromatic carboxylic acids is 1. The number of carboxylic acids is 1. The first-order valence-electron chi connectivity index (χ1n) is 6.84. The van der Waals surface area contributed by atoms with Gasteiger partial charge in [-0.25, -0.2) is 9.78 Å². The van der Waals surface area contributed by atoms with Crippen LogP contribution in [0.4, 0.5) is 0 Å². The van der Waals surface area contributed by atoms with Crippen molar-refractivity contribution >= 4 is 5.97 Å². The third-order valence-corrected chi connectivity index (χ3v) is 3.16. The highest BCUT2D eigenvalue weighted by Crippen LogP contribution is 2.12. The van der Waals surface area contributed by atoms with E-state index in [-0.39, 0.29) is 5.69 Å². The van der Waals surface area contributed by atoms with E-state index in [2.05, 4.69) is 11.9 Å². The number of aromatic nitrogens is 1. The van der Waals surface area contributed by atoms with Crippen LogP contribution < -0.4 is 0 Å². The summed E-state index contributed by atoms with van der Waals surface area (Å²) in [4.78, 5) is 14.8. The second kappa shape index (κ2) is 7.85. The van der Waals surface area contributed by atoms with Gasteiger partial charge in [0.15, 0.2) is 5.69 Å². The average Bonchev–Trinajstić information content (AvgIpc) is 2.33. The van der Waals surface area contributed by atoms with Crippen molar-refractivity contribution in [2.75, 3.05) is 0 Å². The number of pyridine rings is 1. The Labute approximate surface area is 109 Å². The maximum Gasteiger partial charge on any atom is 0.354 e. The van der Waals surface area contributed by atoms with Crippen LogP contribution in [-0.2, 0) is 6.42 Å². The van der Waals surface area contributed by atoms with Crippen LogP contribution in [-0.4, -0.2) is 16.1 Å². The summed E-state index contributed by atoms with van der Waals surface area (Å²) in [6.45, 7) is 4.03. The Hall–Kier alpha value is -1.38. The minimum Gasteiger partial charge on any atom is -0.477 e. The third kappa shape index (κ3) is 4.86. The molecule has 3 heteroatoms. The van der Waals surface area contributed by atoms with Gasteiger partial charge in [-0.05, 0) is 30.9 Å². The highest BCUT2D eigenvalue weighted by molar-refractivity contribution is 5.86. The van der Waals surface area contributed by atoms with E-state index < -0.39 is 5.97 Å². The van der Waals surface area contributed by atoms with E-state index in [9.17, 15) is 4.79 Å². The number of hydrogen-bond donors (Lipinski definition) is 1. The smallest absolute Gasteiger partial charge is 0.354 e. The SMILES string of the molecule is CCCCCCCCc1cnc(C(=O)O)c(C)c1. The number of carboxylic acid groups (broad SMARTS) is 1. The summed E-state index contributed by atoms with van der Waals surface area (Å²) >= 11 is 0. The van der Waals surface area contributed by atoms with Gasteiger partial charge >= 0.3 is 5.97 Å². The topological polar surface area (TPSA) is 50.2 Å². The molecule has 0 aromatic carbocycles. The molecule has 18 heavy (non-hydrogen) atoms. The first-order chi connectivity index (χ1) is 8.65. The summed E-state index contributed by atoms with van der Waals surface area (Å²) < 4.78 is 0. The normalized spacial score (nSPS) is 10.6. The lowest BCUT2D eigenvalue weighted by atomic mass is 10.0. The predicted molar refractivity (Wildman–Crippen MR) is 73.0 cm³/mol. The van der Waals surface area contributed by atoms with Crippen molar-refractivity contribution in [3.63, 3.8) is 0 Å². The van der Waals surface area contributed by atoms with Crippen molar-refractivity contribution in [1.82, 2.24) is 4.98 Å². The number of rotatable bonds is 8. The summed E-state index contributed by atoms with van der Waals surface area (Å²) in [6, 6.07) is 1.95. The van der Waals surface area contributed by atoms with E-state index in [1.807, 2.05) is 6.07 Å². The van der Waals surface area contributed by atoms with Crippen molar-refractivity contribution in [2.24, 2.45) is 0 Å². The fraction of sp³-hybridized carbons (Fsp3) is 0.600. The molecule has 0 fully saturated rings. The van der Waals surface area contributed by atoms with Crippen LogP contribution in [0.3, 0.4) is 0 Å². The second-order valence-electron chi connectivity index (χ2n) is 4.83. The Morgan fingerprint density at radius 1 is 1.22 bits per heavy atom. The number of nitrogens with zero attached hydrogens (tertiary/aromatic N) is 1. The van der Waals surface area contributed by atoms with E-state index >= 15 is 0 Å². The summed E-state index contributed by atoms with van der Waals surface area (Å²) in [6.07, 6.45) is 10.3. The van der Waals surface area contributed by atoms with E-state index in [0.717, 1.165) is 24.0 Å². The van der Waals surface area contributed by atoms with Gasteiger partial charge in [0, 0.05) is 6.20 Å². The van der Waals surface area contributed by atoms with Crippen LogP contribution in [0, 0.1) is 6.92 Å². The number of carbonyl (C=O) groups is 1. The first kappa shape index (κ1) is 14.7. The van der Waals surface area contributed by atoms with E-state index in [4.69, 9.17) is 5.11 Å². The van der Waals surface area contributed by atoms with Crippen LogP contribution in [0.5, 0.6) is 0 Å². The van der Waals surface area contributed by atoms with Crippen LogP contribution in [0.15, 0.2) is 12.3 Å². The minimum absolute atomic E-state index is 0.168. The molecule has 0 aliphatic heterocycles. The Balaban J connectivity index is 2.35. The molecule has 1 heterocycles. The monoisotopic (exact) mass is 249 g/mol. The van der Waals surface area contributed by atoms with Gasteiger partial charge in [-0.15, -0.1) is 0 Å². The Morgan fingerprint density at radius 3 is 2.50 bits per heavy atom. The minimum atomic E-state index is -0.946. The quantitative estimate of drug-likeness (QED) is 0.709. The molecule has 0 saturated heterocycles. The molecule has 1 aromatic rings. The summed E-state index contributed by atoms with van der Waals surface area (Å²) in [7, 11) is 0. The Bertz CT molecular complexity index is 388. The van der Waals surface area contributed by atoms with Crippen LogP contribution in [0.25, 0.3) is 0 Å². The highest BCUT2D eigenvalue weighted by Gasteiger charge is 2.08. The zero-order valence-electron chi connectivity index (χ0n) is 11.4. The molecule has 0 amide bonds. The standard InChI is InChI=1S/C15H23NO2/c1-3-4-5-6-7-8-9-13-10-12(2)14(15(17)18)16-11-13/h10-11H,3-9H2,1-2H3,(H,17,18). The van der Waals surface area contributed by atoms with Gasteiger partial charge in [0.1, 0.15) is 0 Å². The highest BCUT2D eigenvalue weighted by atomic mass is 16.4. The van der Waals surface area contributed by atoms with Crippen molar-refractivity contribution < 1.29 is 9.90 Å². The maximum atomic E-state index is 10.8. The third-order valence-electron chi connectivity index (χ3n) is 3.16. The summed E-state index contributed by atoms with van der Waals surface area (Å²) in [5, 5.41) is 8.89. The van der Waals surface area contributed by atoms with Crippen LogP contribution in [0.2, 0.25) is 0 Å². The molecule has 100 valence electrons. The Morgan fingerprint density at radius 2 is 1.89 bits per heavy atom. The van der Waals surface area contributed by atoms with Crippen molar-refractivity contribution in [1.29, 1.82) is 0 Å². The first-order valence-corrected chi connectivity index (χ1v) is 6.84. The zero-order valence-corrected chi connectivity index (χ0v) is 11.4. The van der Waals surface area contributed by atoms with Crippen molar-refractivity contribution in [3.8, 4) is 0 Å². The molecule has 0 aliphatic rings. The average molecular weight is 249 g/mol. The molecule has 0 aliphatic carbocycles. The molecule has 0 bridgehead atoms. The molecular formula is C15H23NO2. The molecule has 1 aromatic heterocycles. The molecule has 0 saturated carbocycles. The molecule has 0 radical (unpaired) electrons. The van der Waals surface area contributed by atoms with E-state index in [1.165, 1.54) is 32.1 Å². The Kier molecular flexibility index (Phi) is 6.40. The fourth-order valence-corrected chi connectivity index (χ4v) is 2.10.